The lowest BCUT2D eigenvalue weighted by atomic mass is 9.99. The van der Waals surface area contributed by atoms with E-state index >= 15 is 0 Å². The average Bonchev–Trinajstić information content (AvgIpc) is 3.40. The summed E-state index contributed by atoms with van der Waals surface area (Å²) < 4.78 is 5.04. The van der Waals surface area contributed by atoms with E-state index in [9.17, 15) is 0 Å². The first-order valence-corrected chi connectivity index (χ1v) is 12.3. The maximum atomic E-state index is 4.21. The van der Waals surface area contributed by atoms with Gasteiger partial charge in [0.15, 0.2) is 0 Å². The van der Waals surface area contributed by atoms with Gasteiger partial charge in [0.25, 0.3) is 0 Å². The van der Waals surface area contributed by atoms with Crippen LogP contribution in [0.15, 0.2) is 91.5 Å². The van der Waals surface area contributed by atoms with Gasteiger partial charge in [-0.3, -0.25) is 0 Å². The second-order valence-corrected chi connectivity index (χ2v) is 9.51. The van der Waals surface area contributed by atoms with Crippen LogP contribution in [0.3, 0.4) is 0 Å². The third-order valence-electron chi connectivity index (χ3n) is 6.53. The molecule has 5 aromatic rings. The number of hydrogen-bond acceptors (Lipinski definition) is 1. The van der Waals surface area contributed by atoms with Crippen LogP contribution in [0.25, 0.3) is 54.5 Å². The lowest BCUT2D eigenvalue weighted by molar-refractivity contribution is 1.04. The van der Waals surface area contributed by atoms with Gasteiger partial charge in [0, 0.05) is 36.8 Å². The molecule has 0 amide bonds. The van der Waals surface area contributed by atoms with Crippen LogP contribution in [0.2, 0.25) is 0 Å². The fourth-order valence-electron chi connectivity index (χ4n) is 5.04. The molecule has 0 aliphatic heterocycles. The number of allylic oxidation sites excluding steroid dienone is 5. The fourth-order valence-corrected chi connectivity index (χ4v) is 6.30. The Labute approximate surface area is 198 Å². The summed E-state index contributed by atoms with van der Waals surface area (Å²) >= 11 is 1.88. The lowest BCUT2D eigenvalue weighted by Crippen LogP contribution is -1.97. The molecule has 2 aromatic heterocycles. The maximum Gasteiger partial charge on any atom is 0.0555 e. The minimum absolute atomic E-state index is 1.12. The van der Waals surface area contributed by atoms with Crippen LogP contribution in [0.5, 0.6) is 0 Å². The minimum Gasteiger partial charge on any atom is -0.309 e. The van der Waals surface area contributed by atoms with Gasteiger partial charge >= 0.3 is 0 Å². The summed E-state index contributed by atoms with van der Waals surface area (Å²) in [6, 6.07) is 22.2. The Balaban J connectivity index is 1.63. The van der Waals surface area contributed by atoms with Crippen LogP contribution in [0.1, 0.15) is 36.6 Å². The molecule has 1 aliphatic rings. The number of rotatable bonds is 4. The van der Waals surface area contributed by atoms with E-state index in [0.717, 1.165) is 12.8 Å². The van der Waals surface area contributed by atoms with Gasteiger partial charge in [-0.25, -0.2) is 0 Å². The largest absolute Gasteiger partial charge is 0.309 e. The van der Waals surface area contributed by atoms with Crippen LogP contribution in [0, 0.1) is 0 Å². The molecule has 0 fully saturated rings. The molecule has 0 atom stereocenters. The van der Waals surface area contributed by atoms with Crippen molar-refractivity contribution in [2.75, 3.05) is 0 Å². The van der Waals surface area contributed by atoms with Crippen molar-refractivity contribution in [3.05, 3.63) is 108 Å². The summed E-state index contributed by atoms with van der Waals surface area (Å²) in [5.41, 5.74) is 7.36. The van der Waals surface area contributed by atoms with Gasteiger partial charge in [-0.1, -0.05) is 73.4 Å². The van der Waals surface area contributed by atoms with Crippen molar-refractivity contribution < 1.29 is 0 Å². The zero-order valence-corrected chi connectivity index (χ0v) is 19.5. The number of fused-ring (bicyclic) bond motifs is 5. The highest BCUT2D eigenvalue weighted by molar-refractivity contribution is 7.26. The molecule has 0 spiro atoms. The van der Waals surface area contributed by atoms with Gasteiger partial charge in [0.05, 0.1) is 11.2 Å². The average molecular weight is 444 g/mol. The van der Waals surface area contributed by atoms with E-state index in [1.54, 1.807) is 0 Å². The smallest absolute Gasteiger partial charge is 0.0555 e. The number of nitrogens with zero attached hydrogens (tertiary/aromatic N) is 1. The summed E-state index contributed by atoms with van der Waals surface area (Å²) in [6.45, 7) is 6.29. The predicted octanol–water partition coefficient (Wildman–Crippen LogP) is 9.41. The van der Waals surface area contributed by atoms with Crippen LogP contribution in [-0.2, 0) is 0 Å². The second kappa shape index (κ2) is 8.06. The normalized spacial score (nSPS) is 14.0. The Morgan fingerprint density at radius 3 is 2.55 bits per heavy atom. The maximum absolute atomic E-state index is 4.21. The Hall–Kier alpha value is -3.62. The van der Waals surface area contributed by atoms with Gasteiger partial charge in [-0.05, 0) is 61.2 Å². The molecule has 6 rings (SSSR count). The summed E-state index contributed by atoms with van der Waals surface area (Å²) in [6.07, 6.45) is 15.4. The van der Waals surface area contributed by atoms with E-state index in [1.807, 2.05) is 17.4 Å². The Bertz CT molecular complexity index is 1620. The highest BCUT2D eigenvalue weighted by Gasteiger charge is 2.19. The highest BCUT2D eigenvalue weighted by atomic mass is 32.1. The molecule has 0 unspecified atom stereocenters. The Morgan fingerprint density at radius 2 is 1.79 bits per heavy atom. The van der Waals surface area contributed by atoms with E-state index in [-0.39, 0.29) is 0 Å². The number of aromatic nitrogens is 1. The number of benzene rings is 3. The predicted molar refractivity (Wildman–Crippen MR) is 147 cm³/mol. The van der Waals surface area contributed by atoms with Crippen molar-refractivity contribution >= 4 is 60.1 Å². The first-order valence-electron chi connectivity index (χ1n) is 11.5. The third kappa shape index (κ3) is 3.13. The van der Waals surface area contributed by atoms with Crippen molar-refractivity contribution in [1.29, 1.82) is 0 Å². The van der Waals surface area contributed by atoms with Crippen LogP contribution in [-0.4, -0.2) is 4.57 Å². The molecule has 2 heteroatoms. The van der Waals surface area contributed by atoms with Crippen molar-refractivity contribution in [3.8, 4) is 5.69 Å². The standard InChI is InChI=1S/C31H25NS/c1-3-10-27-24(4-2)30-28(20-19-26-25-13-8-9-14-29(25)33-31(26)30)32(27)23-17-15-22(16-18-23)21-11-6-5-7-12-21/h3-4,6,8-20H,2,5,7H2,1H3/b10-3-. The summed E-state index contributed by atoms with van der Waals surface area (Å²) in [5, 5.41) is 3.94. The first-order chi connectivity index (χ1) is 16.3. The highest BCUT2D eigenvalue weighted by Crippen LogP contribution is 2.43. The quantitative estimate of drug-likeness (QED) is 0.261. The van der Waals surface area contributed by atoms with E-state index in [4.69, 9.17) is 0 Å². The summed E-state index contributed by atoms with van der Waals surface area (Å²) in [7, 11) is 0. The van der Waals surface area contributed by atoms with Crippen LogP contribution in [0.4, 0.5) is 0 Å². The van der Waals surface area contributed by atoms with Gasteiger partial charge in [-0.2, -0.15) is 0 Å². The van der Waals surface area contributed by atoms with Gasteiger partial charge in [-0.15, -0.1) is 11.3 Å². The Morgan fingerprint density at radius 1 is 0.939 bits per heavy atom. The molecule has 0 saturated heterocycles. The van der Waals surface area contributed by atoms with Gasteiger partial charge in [0.2, 0.25) is 0 Å². The monoisotopic (exact) mass is 443 g/mol. The summed E-state index contributed by atoms with van der Waals surface area (Å²) in [5.74, 6) is 0. The van der Waals surface area contributed by atoms with Crippen LogP contribution < -0.4 is 0 Å². The lowest BCUT2D eigenvalue weighted by Gasteiger charge is -2.12. The molecule has 1 aliphatic carbocycles. The molecular weight excluding hydrogens is 418 g/mol. The number of hydrogen-bond donors (Lipinski definition) is 0. The molecule has 160 valence electrons. The Kier molecular flexibility index (Phi) is 4.89. The molecule has 2 heterocycles. The topological polar surface area (TPSA) is 4.93 Å². The molecule has 0 saturated carbocycles. The van der Waals surface area contributed by atoms with Gasteiger partial charge in [0.1, 0.15) is 0 Å². The third-order valence-corrected chi connectivity index (χ3v) is 7.74. The van der Waals surface area contributed by atoms with Crippen molar-refractivity contribution in [3.63, 3.8) is 0 Å². The first kappa shape index (κ1) is 20.0. The van der Waals surface area contributed by atoms with E-state index in [1.165, 1.54) is 59.2 Å². The van der Waals surface area contributed by atoms with Crippen molar-refractivity contribution in [2.45, 2.75) is 19.8 Å². The zero-order valence-electron chi connectivity index (χ0n) is 18.7. The zero-order chi connectivity index (χ0) is 22.4. The molecule has 0 N–H and O–H groups in total. The van der Waals surface area contributed by atoms with E-state index in [0.29, 0.717) is 0 Å². The molecule has 33 heavy (non-hydrogen) atoms. The van der Waals surface area contributed by atoms with Crippen molar-refractivity contribution in [1.82, 2.24) is 4.57 Å². The van der Waals surface area contributed by atoms with E-state index < -0.39 is 0 Å². The van der Waals surface area contributed by atoms with Crippen molar-refractivity contribution in [2.24, 2.45) is 0 Å². The molecule has 0 bridgehead atoms. The minimum atomic E-state index is 1.12. The molecule has 1 nitrogen and oxygen atoms in total. The second-order valence-electron chi connectivity index (χ2n) is 8.46. The molecule has 0 radical (unpaired) electrons. The SMILES string of the molecule is C=Cc1c(/C=C\C)n(-c2ccc(C3=CCCC=C3)cc2)c2ccc3c4ccccc4sc3c12. The fraction of sp³-hybridized carbons (Fsp3) is 0.0968. The number of thiophene rings is 1. The molecular formula is C31H25NS. The van der Waals surface area contributed by atoms with Crippen LogP contribution >= 0.6 is 11.3 Å². The molecule has 3 aromatic carbocycles. The summed E-state index contributed by atoms with van der Waals surface area (Å²) in [4.78, 5) is 0. The van der Waals surface area contributed by atoms with E-state index in [2.05, 4.69) is 109 Å². The van der Waals surface area contributed by atoms with Gasteiger partial charge < -0.3 is 4.57 Å².